The summed E-state index contributed by atoms with van der Waals surface area (Å²) in [5.41, 5.74) is 1.28. The molecule has 4 nitrogen and oxygen atoms in total. The molecule has 0 amide bonds. The number of rotatable bonds is 3. The number of hydrogen-bond acceptors (Lipinski definition) is 3. The zero-order chi connectivity index (χ0) is 14.8. The average Bonchev–Trinajstić information content (AvgIpc) is 2.96. The summed E-state index contributed by atoms with van der Waals surface area (Å²) in [6.07, 6.45) is 1.59. The zero-order valence-electron chi connectivity index (χ0n) is 11.2. The van der Waals surface area contributed by atoms with Crippen LogP contribution in [0, 0.1) is 5.82 Å². The Morgan fingerprint density at radius 2 is 1.95 bits per heavy atom. The third-order valence-electron chi connectivity index (χ3n) is 3.29. The van der Waals surface area contributed by atoms with Gasteiger partial charge in [0.05, 0.1) is 6.04 Å². The lowest BCUT2D eigenvalue weighted by molar-refractivity contribution is 0.558. The van der Waals surface area contributed by atoms with Gasteiger partial charge >= 0.3 is 0 Å². The van der Waals surface area contributed by atoms with Gasteiger partial charge in [0.25, 0.3) is 0 Å². The van der Waals surface area contributed by atoms with Gasteiger partial charge < -0.3 is 4.57 Å². The van der Waals surface area contributed by atoms with Gasteiger partial charge in [-0.3, -0.25) is 0 Å². The topological polar surface area (TPSA) is 43.6 Å². The first-order valence-corrected chi connectivity index (χ1v) is 7.23. The third-order valence-corrected chi connectivity index (χ3v) is 3.73. The molecule has 0 bridgehead atoms. The second-order valence-corrected chi connectivity index (χ2v) is 5.42. The first-order chi connectivity index (χ1) is 10.2. The second-order valence-electron chi connectivity index (χ2n) is 4.60. The van der Waals surface area contributed by atoms with Gasteiger partial charge in [-0.2, -0.15) is 0 Å². The number of pyridine rings is 1. The first kappa shape index (κ1) is 13.9. The van der Waals surface area contributed by atoms with E-state index < -0.39 is 0 Å². The second kappa shape index (κ2) is 5.73. The normalized spacial score (nSPS) is 12.3. The number of benzene rings is 1. The van der Waals surface area contributed by atoms with Gasteiger partial charge in [0.2, 0.25) is 0 Å². The Morgan fingerprint density at radius 3 is 2.71 bits per heavy atom. The van der Waals surface area contributed by atoms with Crippen molar-refractivity contribution in [3.63, 3.8) is 0 Å². The molecule has 0 saturated heterocycles. The first-order valence-electron chi connectivity index (χ1n) is 6.43. The van der Waals surface area contributed by atoms with Crippen molar-refractivity contribution in [1.29, 1.82) is 0 Å². The highest BCUT2D eigenvalue weighted by molar-refractivity contribution is 9.10. The quantitative estimate of drug-likeness (QED) is 0.676. The molecule has 1 unspecified atom stereocenters. The highest BCUT2D eigenvalue weighted by atomic mass is 79.9. The predicted molar refractivity (Wildman–Crippen MR) is 81.2 cm³/mol. The third kappa shape index (κ3) is 2.71. The van der Waals surface area contributed by atoms with Crippen LogP contribution in [0.25, 0.3) is 11.5 Å². The Bertz CT molecular complexity index is 772. The number of aromatic nitrogens is 4. The maximum atomic E-state index is 14.0. The van der Waals surface area contributed by atoms with E-state index in [1.165, 1.54) is 6.07 Å². The van der Waals surface area contributed by atoms with Crippen molar-refractivity contribution in [1.82, 2.24) is 19.7 Å². The molecule has 6 heteroatoms. The van der Waals surface area contributed by atoms with E-state index >= 15 is 0 Å². The van der Waals surface area contributed by atoms with E-state index in [-0.39, 0.29) is 11.9 Å². The van der Waals surface area contributed by atoms with Crippen LogP contribution < -0.4 is 0 Å². The fourth-order valence-corrected chi connectivity index (χ4v) is 2.55. The van der Waals surface area contributed by atoms with E-state index in [4.69, 9.17) is 0 Å². The molecule has 2 heterocycles. The molecule has 0 saturated carbocycles. The molecule has 2 aromatic heterocycles. The summed E-state index contributed by atoms with van der Waals surface area (Å²) < 4.78 is 16.5. The lowest BCUT2D eigenvalue weighted by atomic mass is 10.1. The molecule has 106 valence electrons. The largest absolute Gasteiger partial charge is 0.305 e. The lowest BCUT2D eigenvalue weighted by Crippen LogP contribution is -2.09. The van der Waals surface area contributed by atoms with Gasteiger partial charge in [0.15, 0.2) is 5.82 Å². The molecule has 0 N–H and O–H groups in total. The summed E-state index contributed by atoms with van der Waals surface area (Å²) >= 11 is 3.34. The maximum Gasteiger partial charge on any atom is 0.183 e. The molecule has 3 rings (SSSR count). The fraction of sp³-hybridized carbons (Fsp3) is 0.133. The number of halogens is 2. The SMILES string of the molecule is CC(c1ccccc1F)n1cnnc1-c1cccc(Br)n1. The minimum atomic E-state index is -0.244. The Kier molecular flexibility index (Phi) is 3.79. The monoisotopic (exact) mass is 346 g/mol. The molecule has 0 spiro atoms. The van der Waals surface area contributed by atoms with Crippen molar-refractivity contribution in [3.05, 3.63) is 64.8 Å². The molecule has 21 heavy (non-hydrogen) atoms. The van der Waals surface area contributed by atoms with Crippen molar-refractivity contribution in [2.45, 2.75) is 13.0 Å². The Morgan fingerprint density at radius 1 is 1.14 bits per heavy atom. The molecule has 0 aliphatic heterocycles. The minimum Gasteiger partial charge on any atom is -0.305 e. The fourth-order valence-electron chi connectivity index (χ4n) is 2.21. The van der Waals surface area contributed by atoms with Gasteiger partial charge in [-0.1, -0.05) is 24.3 Å². The molecule has 0 fully saturated rings. The van der Waals surface area contributed by atoms with E-state index in [1.807, 2.05) is 35.8 Å². The van der Waals surface area contributed by atoms with E-state index in [2.05, 4.69) is 31.1 Å². The van der Waals surface area contributed by atoms with E-state index in [9.17, 15) is 4.39 Å². The van der Waals surface area contributed by atoms with Crippen LogP contribution in [0.3, 0.4) is 0 Å². The van der Waals surface area contributed by atoms with E-state index in [0.717, 1.165) is 0 Å². The van der Waals surface area contributed by atoms with Gasteiger partial charge in [-0.05, 0) is 41.1 Å². The highest BCUT2D eigenvalue weighted by Crippen LogP contribution is 2.25. The summed E-state index contributed by atoms with van der Waals surface area (Å²) in [4.78, 5) is 4.37. The molecule has 0 radical (unpaired) electrons. The molecule has 0 aliphatic carbocycles. The molecular formula is C15H12BrFN4. The van der Waals surface area contributed by atoms with Crippen LogP contribution in [0.4, 0.5) is 4.39 Å². The molecular weight excluding hydrogens is 335 g/mol. The van der Waals surface area contributed by atoms with Crippen LogP contribution in [0.5, 0.6) is 0 Å². The van der Waals surface area contributed by atoms with Crippen molar-refractivity contribution >= 4 is 15.9 Å². The molecule has 0 aliphatic rings. The van der Waals surface area contributed by atoms with Crippen molar-refractivity contribution in [2.75, 3.05) is 0 Å². The Balaban J connectivity index is 2.05. The summed E-state index contributed by atoms with van der Waals surface area (Å²) in [6.45, 7) is 1.91. The van der Waals surface area contributed by atoms with Crippen molar-refractivity contribution in [3.8, 4) is 11.5 Å². The smallest absolute Gasteiger partial charge is 0.183 e. The van der Waals surface area contributed by atoms with Gasteiger partial charge in [-0.15, -0.1) is 10.2 Å². The van der Waals surface area contributed by atoms with Crippen LogP contribution in [0.1, 0.15) is 18.5 Å². The number of nitrogens with zero attached hydrogens (tertiary/aromatic N) is 4. The summed E-state index contributed by atoms with van der Waals surface area (Å²) in [5.74, 6) is 0.360. The van der Waals surface area contributed by atoms with Crippen LogP contribution in [-0.2, 0) is 0 Å². The van der Waals surface area contributed by atoms with Crippen LogP contribution in [0.2, 0.25) is 0 Å². The van der Waals surface area contributed by atoms with Crippen molar-refractivity contribution in [2.24, 2.45) is 0 Å². The summed E-state index contributed by atoms with van der Waals surface area (Å²) in [7, 11) is 0. The Labute approximate surface area is 129 Å². The molecule has 1 aromatic carbocycles. The van der Waals surface area contributed by atoms with Gasteiger partial charge in [0.1, 0.15) is 22.4 Å². The standard InChI is InChI=1S/C15H12BrFN4/c1-10(11-5-2-3-6-12(11)17)21-9-18-20-15(21)13-7-4-8-14(16)19-13/h2-10H,1H3. The number of hydrogen-bond donors (Lipinski definition) is 0. The van der Waals surface area contributed by atoms with Gasteiger partial charge in [-0.25, -0.2) is 9.37 Å². The predicted octanol–water partition coefficient (Wildman–Crippen LogP) is 3.85. The minimum absolute atomic E-state index is 0.225. The summed E-state index contributed by atoms with van der Waals surface area (Å²) in [6, 6.07) is 12.0. The highest BCUT2D eigenvalue weighted by Gasteiger charge is 2.17. The van der Waals surface area contributed by atoms with E-state index in [0.29, 0.717) is 21.7 Å². The van der Waals surface area contributed by atoms with Gasteiger partial charge in [0, 0.05) is 5.56 Å². The molecule has 1 atom stereocenters. The molecule has 3 aromatic rings. The Hall–Kier alpha value is -2.08. The lowest BCUT2D eigenvalue weighted by Gasteiger charge is -2.16. The van der Waals surface area contributed by atoms with E-state index in [1.54, 1.807) is 18.5 Å². The van der Waals surface area contributed by atoms with Crippen LogP contribution in [0.15, 0.2) is 53.4 Å². The average molecular weight is 347 g/mol. The van der Waals surface area contributed by atoms with Crippen LogP contribution in [-0.4, -0.2) is 19.7 Å². The zero-order valence-corrected chi connectivity index (χ0v) is 12.8. The van der Waals surface area contributed by atoms with Crippen LogP contribution >= 0.6 is 15.9 Å². The maximum absolute atomic E-state index is 14.0. The summed E-state index contributed by atoms with van der Waals surface area (Å²) in [5, 5.41) is 8.05. The van der Waals surface area contributed by atoms with Crippen molar-refractivity contribution < 1.29 is 4.39 Å².